The average Bonchev–Trinajstić information content (AvgIpc) is 2.48. The fourth-order valence-corrected chi connectivity index (χ4v) is 1.12. The second-order valence-corrected chi connectivity index (χ2v) is 2.73. The molecule has 0 aromatic carbocycles. The van der Waals surface area contributed by atoms with Crippen LogP contribution in [0.5, 0.6) is 0 Å². The molecule has 0 amide bonds. The second-order valence-electron chi connectivity index (χ2n) is 2.73. The molecular formula is C10H15N3. The number of rotatable bonds is 0. The molecule has 0 saturated carbocycles. The second kappa shape index (κ2) is 4.03. The number of hydrogen-bond acceptors (Lipinski definition) is 2. The van der Waals surface area contributed by atoms with Gasteiger partial charge >= 0.3 is 0 Å². The quantitative estimate of drug-likeness (QED) is 0.618. The highest BCUT2D eigenvalue weighted by atomic mass is 15.4. The minimum Gasteiger partial charge on any atom is -0.158 e. The molecule has 2 heterocycles. The van der Waals surface area contributed by atoms with Gasteiger partial charge in [-0.3, -0.25) is 0 Å². The smallest absolute Gasteiger partial charge is 0.0878 e. The predicted octanol–water partition coefficient (Wildman–Crippen LogP) is 2.37. The molecule has 0 aliphatic rings. The van der Waals surface area contributed by atoms with Gasteiger partial charge in [-0.15, -0.1) is 0 Å². The molecule has 2 aromatic heterocycles. The van der Waals surface area contributed by atoms with Gasteiger partial charge in [0, 0.05) is 0 Å². The molecule has 0 aliphatic heterocycles. The fraction of sp³-hybridized carbons (Fsp3) is 0.400. The number of nitrogens with zero attached hydrogens (tertiary/aromatic N) is 3. The zero-order chi connectivity index (χ0) is 9.84. The summed E-state index contributed by atoms with van der Waals surface area (Å²) in [6, 6.07) is 4.08. The maximum Gasteiger partial charge on any atom is 0.0878 e. The lowest BCUT2D eigenvalue weighted by Crippen LogP contribution is -1.92. The van der Waals surface area contributed by atoms with Crippen LogP contribution in [0.2, 0.25) is 0 Å². The van der Waals surface area contributed by atoms with Crippen LogP contribution in [0.1, 0.15) is 25.1 Å². The van der Waals surface area contributed by atoms with E-state index in [2.05, 4.69) is 16.3 Å². The first-order chi connectivity index (χ1) is 6.25. The predicted molar refractivity (Wildman–Crippen MR) is 53.8 cm³/mol. The molecule has 2 rings (SSSR count). The van der Waals surface area contributed by atoms with Crippen molar-refractivity contribution in [2.75, 3.05) is 0 Å². The van der Waals surface area contributed by atoms with Crippen molar-refractivity contribution in [2.45, 2.75) is 27.7 Å². The first-order valence-electron chi connectivity index (χ1n) is 4.55. The Labute approximate surface area is 78.4 Å². The molecule has 0 spiro atoms. The topological polar surface area (TPSA) is 30.2 Å². The van der Waals surface area contributed by atoms with Crippen LogP contribution in [0.25, 0.3) is 5.52 Å². The third-order valence-electron chi connectivity index (χ3n) is 1.59. The van der Waals surface area contributed by atoms with Crippen LogP contribution in [0, 0.1) is 13.8 Å². The molecule has 0 saturated heterocycles. The summed E-state index contributed by atoms with van der Waals surface area (Å²) >= 11 is 0. The van der Waals surface area contributed by atoms with Crippen LogP contribution in [0.3, 0.4) is 0 Å². The van der Waals surface area contributed by atoms with Crippen LogP contribution < -0.4 is 0 Å². The van der Waals surface area contributed by atoms with Gasteiger partial charge in [-0.2, -0.15) is 14.8 Å². The van der Waals surface area contributed by atoms with Gasteiger partial charge < -0.3 is 0 Å². The Morgan fingerprint density at radius 2 is 1.85 bits per heavy atom. The molecule has 3 nitrogen and oxygen atoms in total. The molecule has 70 valence electrons. The van der Waals surface area contributed by atoms with E-state index >= 15 is 0 Å². The van der Waals surface area contributed by atoms with Crippen molar-refractivity contribution in [3.63, 3.8) is 0 Å². The Balaban J connectivity index is 0.000000396. The lowest BCUT2D eigenvalue weighted by atomic mass is 10.3. The minimum absolute atomic E-state index is 1.00. The fourth-order valence-electron chi connectivity index (χ4n) is 1.12. The van der Waals surface area contributed by atoms with E-state index in [1.54, 1.807) is 10.8 Å². The Bertz CT molecular complexity index is 390. The summed E-state index contributed by atoms with van der Waals surface area (Å²) in [6.07, 6.45) is 1.80. The third-order valence-corrected chi connectivity index (χ3v) is 1.59. The number of aryl methyl sites for hydroxylation is 2. The van der Waals surface area contributed by atoms with Crippen molar-refractivity contribution in [3.05, 3.63) is 29.6 Å². The monoisotopic (exact) mass is 177 g/mol. The van der Waals surface area contributed by atoms with E-state index in [1.165, 1.54) is 0 Å². The number of aromatic nitrogens is 3. The van der Waals surface area contributed by atoms with E-state index in [4.69, 9.17) is 0 Å². The molecule has 0 radical (unpaired) electrons. The summed E-state index contributed by atoms with van der Waals surface area (Å²) in [5, 5.41) is 8.27. The van der Waals surface area contributed by atoms with E-state index < -0.39 is 0 Å². The lowest BCUT2D eigenvalue weighted by Gasteiger charge is -1.91. The molecule has 0 bridgehead atoms. The van der Waals surface area contributed by atoms with Crippen molar-refractivity contribution in [1.29, 1.82) is 0 Å². The molecule has 2 aromatic rings. The van der Waals surface area contributed by atoms with Crippen molar-refractivity contribution >= 4 is 5.52 Å². The normalized spacial score (nSPS) is 9.54. The van der Waals surface area contributed by atoms with Crippen LogP contribution >= 0.6 is 0 Å². The van der Waals surface area contributed by atoms with Gasteiger partial charge in [0.05, 0.1) is 17.4 Å². The van der Waals surface area contributed by atoms with Gasteiger partial charge in [0.2, 0.25) is 0 Å². The minimum atomic E-state index is 1.00. The van der Waals surface area contributed by atoms with Gasteiger partial charge in [-0.25, -0.2) is 0 Å². The summed E-state index contributed by atoms with van der Waals surface area (Å²) < 4.78 is 1.64. The largest absolute Gasteiger partial charge is 0.158 e. The zero-order valence-electron chi connectivity index (χ0n) is 8.57. The van der Waals surface area contributed by atoms with Crippen LogP contribution in [0.15, 0.2) is 18.3 Å². The van der Waals surface area contributed by atoms with Crippen LogP contribution in [0.4, 0.5) is 0 Å². The van der Waals surface area contributed by atoms with Crippen molar-refractivity contribution in [1.82, 2.24) is 14.8 Å². The first-order valence-corrected chi connectivity index (χ1v) is 4.55. The molecule has 0 aliphatic carbocycles. The number of fused-ring (bicyclic) bond motifs is 1. The zero-order valence-corrected chi connectivity index (χ0v) is 8.57. The molecule has 3 heteroatoms. The number of hydrogen-bond donors (Lipinski definition) is 0. The molecule has 0 fully saturated rings. The lowest BCUT2D eigenvalue weighted by molar-refractivity contribution is 0.784. The summed E-state index contributed by atoms with van der Waals surface area (Å²) in [4.78, 5) is 0. The summed E-state index contributed by atoms with van der Waals surface area (Å²) in [5.41, 5.74) is 3.23. The van der Waals surface area contributed by atoms with E-state index in [-0.39, 0.29) is 0 Å². The van der Waals surface area contributed by atoms with Crippen molar-refractivity contribution in [3.8, 4) is 0 Å². The summed E-state index contributed by atoms with van der Waals surface area (Å²) in [5.74, 6) is 0. The van der Waals surface area contributed by atoms with Crippen molar-refractivity contribution in [2.24, 2.45) is 0 Å². The molecule has 0 N–H and O–H groups in total. The molecule has 13 heavy (non-hydrogen) atoms. The molecular weight excluding hydrogens is 162 g/mol. The van der Waals surface area contributed by atoms with E-state index in [0.29, 0.717) is 0 Å². The average molecular weight is 177 g/mol. The maximum absolute atomic E-state index is 4.16. The molecule has 0 atom stereocenters. The standard InChI is InChI=1S/C8H9N3.C2H6/c1-6-3-8-4-7(2)10-11(8)9-5-6;1-2/h3-5H,1-2H3;1-2H3. The van der Waals surface area contributed by atoms with Crippen molar-refractivity contribution < 1.29 is 0 Å². The van der Waals surface area contributed by atoms with Crippen LogP contribution in [-0.4, -0.2) is 14.8 Å². The Hall–Kier alpha value is -1.38. The van der Waals surface area contributed by atoms with E-state index in [0.717, 1.165) is 16.8 Å². The summed E-state index contributed by atoms with van der Waals surface area (Å²) in [6.45, 7) is 7.99. The van der Waals surface area contributed by atoms with Crippen LogP contribution in [-0.2, 0) is 0 Å². The van der Waals surface area contributed by atoms with Gasteiger partial charge in [-0.1, -0.05) is 13.8 Å². The highest BCUT2D eigenvalue weighted by Gasteiger charge is 1.96. The highest BCUT2D eigenvalue weighted by molar-refractivity contribution is 5.47. The third kappa shape index (κ3) is 2.05. The van der Waals surface area contributed by atoms with E-state index in [1.807, 2.05) is 33.8 Å². The van der Waals surface area contributed by atoms with Gasteiger partial charge in [0.1, 0.15) is 0 Å². The van der Waals surface area contributed by atoms with Gasteiger partial charge in [0.15, 0.2) is 0 Å². The van der Waals surface area contributed by atoms with Gasteiger partial charge in [-0.05, 0) is 31.5 Å². The Kier molecular flexibility index (Phi) is 3.01. The van der Waals surface area contributed by atoms with Gasteiger partial charge in [0.25, 0.3) is 0 Å². The SMILES string of the molecule is CC.Cc1cnn2nc(C)cc2c1. The Morgan fingerprint density at radius 1 is 1.15 bits per heavy atom. The maximum atomic E-state index is 4.16. The van der Waals surface area contributed by atoms with E-state index in [9.17, 15) is 0 Å². The molecule has 0 unspecified atom stereocenters. The highest BCUT2D eigenvalue weighted by Crippen LogP contribution is 2.04. The first kappa shape index (κ1) is 9.71. The Morgan fingerprint density at radius 3 is 2.54 bits per heavy atom. The summed E-state index contributed by atoms with van der Waals surface area (Å²) in [7, 11) is 0.